The van der Waals surface area contributed by atoms with E-state index in [1.165, 1.54) is 99.1 Å². The normalized spacial score (nSPS) is 16.8. The van der Waals surface area contributed by atoms with Gasteiger partial charge in [-0.15, -0.1) is 0 Å². The van der Waals surface area contributed by atoms with E-state index < -0.39 is 0 Å². The fourth-order valence-corrected chi connectivity index (χ4v) is 10.9. The second kappa shape index (κ2) is 22.2. The lowest BCUT2D eigenvalue weighted by Crippen LogP contribution is -2.15. The molecule has 0 aromatic heterocycles. The van der Waals surface area contributed by atoms with Gasteiger partial charge < -0.3 is 5.32 Å². The summed E-state index contributed by atoms with van der Waals surface area (Å²) in [6, 6.07) is 68.6. The Hall–Kier alpha value is -9.04. The Bertz CT molecular complexity index is 3940. The van der Waals surface area contributed by atoms with Crippen LogP contribution in [0.3, 0.4) is 0 Å². The summed E-state index contributed by atoms with van der Waals surface area (Å²) in [7, 11) is 0. The molecule has 1 unspecified atom stereocenters. The molecule has 0 saturated heterocycles. The molecule has 2 aliphatic carbocycles. The number of fused-ring (bicyclic) bond motifs is 5. The highest BCUT2D eigenvalue weighted by Gasteiger charge is 2.38. The van der Waals surface area contributed by atoms with Crippen LogP contribution in [0.2, 0.25) is 0 Å². The van der Waals surface area contributed by atoms with Crippen molar-refractivity contribution in [2.24, 2.45) is 5.92 Å². The Morgan fingerprint density at radius 3 is 2.07 bits per heavy atom. The van der Waals surface area contributed by atoms with Crippen LogP contribution >= 0.6 is 0 Å². The molecular weight excluding hydrogens is 915 g/mol. The van der Waals surface area contributed by atoms with Crippen LogP contribution in [-0.4, -0.2) is 0 Å². The highest BCUT2D eigenvalue weighted by atomic mass is 14.8. The van der Waals surface area contributed by atoms with Crippen LogP contribution in [0, 0.1) is 5.92 Å². The minimum atomic E-state index is -0.255. The maximum atomic E-state index is 3.54. The summed E-state index contributed by atoms with van der Waals surface area (Å²) in [4.78, 5) is 0. The number of allylic oxidation sites excluding steroid dienone is 15. The molecule has 1 N–H and O–H groups in total. The number of benzene rings is 9. The van der Waals surface area contributed by atoms with E-state index in [4.69, 9.17) is 0 Å². The molecule has 0 radical (unpaired) electrons. The van der Waals surface area contributed by atoms with Crippen LogP contribution in [0.1, 0.15) is 78.6 Å². The predicted octanol–water partition coefficient (Wildman–Crippen LogP) is 20.6. The van der Waals surface area contributed by atoms with Gasteiger partial charge in [0.2, 0.25) is 0 Å². The molecule has 0 aliphatic heterocycles. The zero-order chi connectivity index (χ0) is 51.8. The van der Waals surface area contributed by atoms with E-state index in [2.05, 4.69) is 318 Å². The van der Waals surface area contributed by atoms with Crippen LogP contribution in [0.4, 0.5) is 5.69 Å². The molecule has 0 fully saturated rings. The molecule has 0 heterocycles. The van der Waals surface area contributed by atoms with Gasteiger partial charge in [0, 0.05) is 17.3 Å². The highest BCUT2D eigenvalue weighted by Crippen LogP contribution is 2.52. The van der Waals surface area contributed by atoms with Gasteiger partial charge in [0.15, 0.2) is 0 Å². The summed E-state index contributed by atoms with van der Waals surface area (Å²) in [6.45, 7) is 9.08. The van der Waals surface area contributed by atoms with Gasteiger partial charge in [0.1, 0.15) is 0 Å². The van der Waals surface area contributed by atoms with Crippen LogP contribution in [0.5, 0.6) is 0 Å². The van der Waals surface area contributed by atoms with Gasteiger partial charge in [-0.25, -0.2) is 0 Å². The lowest BCUT2D eigenvalue weighted by molar-refractivity contribution is 0.665. The summed E-state index contributed by atoms with van der Waals surface area (Å²) < 4.78 is 0. The Labute approximate surface area is 449 Å². The molecule has 9 aromatic carbocycles. The average Bonchev–Trinajstić information content (AvgIpc) is 3.71. The van der Waals surface area contributed by atoms with Crippen LogP contribution < -0.4 is 5.32 Å². The summed E-state index contributed by atoms with van der Waals surface area (Å²) in [5, 5.41) is 11.0. The zero-order valence-corrected chi connectivity index (χ0v) is 43.9. The van der Waals surface area contributed by atoms with Crippen molar-refractivity contribution >= 4 is 79.0 Å². The Balaban J connectivity index is 0.864. The van der Waals surface area contributed by atoms with Crippen molar-refractivity contribution in [2.45, 2.75) is 39.5 Å². The van der Waals surface area contributed by atoms with E-state index in [-0.39, 0.29) is 5.41 Å². The van der Waals surface area contributed by atoms with Crippen LogP contribution in [0.25, 0.3) is 84.5 Å². The quantitative estimate of drug-likeness (QED) is 0.0897. The fourth-order valence-electron chi connectivity index (χ4n) is 10.9. The minimum Gasteiger partial charge on any atom is -0.362 e. The zero-order valence-electron chi connectivity index (χ0n) is 43.9. The number of anilines is 1. The van der Waals surface area contributed by atoms with Gasteiger partial charge in [0.05, 0.1) is 0 Å². The summed E-state index contributed by atoms with van der Waals surface area (Å²) in [5.41, 5.74) is 18.1. The van der Waals surface area contributed by atoms with Gasteiger partial charge in [-0.1, -0.05) is 257 Å². The molecule has 1 atom stereocenters. The van der Waals surface area contributed by atoms with Gasteiger partial charge in [0.25, 0.3) is 0 Å². The predicted molar refractivity (Wildman–Crippen MR) is 333 cm³/mol. The molecule has 2 aliphatic rings. The average molecular weight is 978 g/mol. The van der Waals surface area contributed by atoms with Gasteiger partial charge >= 0.3 is 0 Å². The molecule has 0 spiro atoms. The Kier molecular flexibility index (Phi) is 14.4. The second-order valence-corrected chi connectivity index (χ2v) is 20.6. The van der Waals surface area contributed by atoms with Crippen molar-refractivity contribution in [3.8, 4) is 11.1 Å². The smallest absolute Gasteiger partial charge is 0.0380 e. The summed E-state index contributed by atoms with van der Waals surface area (Å²) in [5.74, 6) is 0.604. The van der Waals surface area contributed by atoms with E-state index in [0.29, 0.717) is 5.92 Å². The molecular formula is C75H63N. The van der Waals surface area contributed by atoms with Crippen molar-refractivity contribution < 1.29 is 0 Å². The topological polar surface area (TPSA) is 12.0 Å². The Morgan fingerprint density at radius 2 is 1.26 bits per heavy atom. The van der Waals surface area contributed by atoms with Crippen molar-refractivity contribution in [3.05, 3.63) is 311 Å². The second-order valence-electron chi connectivity index (χ2n) is 20.6. The van der Waals surface area contributed by atoms with E-state index in [0.717, 1.165) is 23.2 Å². The molecule has 368 valence electrons. The van der Waals surface area contributed by atoms with E-state index in [1.54, 1.807) is 0 Å². The lowest BCUT2D eigenvalue weighted by atomic mass is 9.80. The van der Waals surface area contributed by atoms with Crippen LogP contribution in [0.15, 0.2) is 267 Å². The van der Waals surface area contributed by atoms with E-state index >= 15 is 0 Å². The number of rotatable bonds is 13. The molecule has 1 nitrogen and oxygen atoms in total. The third-order valence-corrected chi connectivity index (χ3v) is 15.1. The lowest BCUT2D eigenvalue weighted by Gasteiger charge is -2.23. The van der Waals surface area contributed by atoms with Crippen molar-refractivity contribution in [2.75, 3.05) is 5.32 Å². The van der Waals surface area contributed by atoms with E-state index in [1.807, 2.05) is 0 Å². The SMILES string of the molecule is C/C=C/c1ccccc1\C=C/C=C/C=C(\C=C/c1ccc2c(ccc3cc(-c4ccc5c(c4)C(C)(C)C(=C/c4cccc6ccccc46)/C5=C\C=C\Nc4ccc(C5=CCC(C)C=C5)cc4)ccc32)c1)c1ccccc1. The van der Waals surface area contributed by atoms with Gasteiger partial charge in [-0.2, -0.15) is 0 Å². The highest BCUT2D eigenvalue weighted by molar-refractivity contribution is 6.09. The van der Waals surface area contributed by atoms with Gasteiger partial charge in [-0.05, 0) is 172 Å². The number of hydrogen-bond donors (Lipinski definition) is 1. The molecule has 0 saturated carbocycles. The minimum absolute atomic E-state index is 0.255. The Morgan fingerprint density at radius 1 is 0.566 bits per heavy atom. The first-order chi connectivity index (χ1) is 37.3. The van der Waals surface area contributed by atoms with Crippen molar-refractivity contribution in [1.82, 2.24) is 0 Å². The molecule has 0 bridgehead atoms. The largest absolute Gasteiger partial charge is 0.362 e. The molecule has 76 heavy (non-hydrogen) atoms. The maximum absolute atomic E-state index is 3.54. The molecule has 1 heteroatoms. The molecule has 0 amide bonds. The number of nitrogens with one attached hydrogen (secondary N) is 1. The third kappa shape index (κ3) is 10.7. The summed E-state index contributed by atoms with van der Waals surface area (Å²) >= 11 is 0. The van der Waals surface area contributed by atoms with E-state index in [9.17, 15) is 0 Å². The third-order valence-electron chi connectivity index (χ3n) is 15.1. The maximum Gasteiger partial charge on any atom is 0.0380 e. The molecule has 11 rings (SSSR count). The van der Waals surface area contributed by atoms with Crippen LogP contribution in [-0.2, 0) is 5.41 Å². The van der Waals surface area contributed by atoms with Crippen molar-refractivity contribution in [3.63, 3.8) is 0 Å². The summed E-state index contributed by atoms with van der Waals surface area (Å²) in [6.07, 6.45) is 36.3. The fraction of sp³-hybridized carbons (Fsp3) is 0.0933. The van der Waals surface area contributed by atoms with Crippen molar-refractivity contribution in [1.29, 1.82) is 0 Å². The first-order valence-electron chi connectivity index (χ1n) is 26.7. The first-order valence-corrected chi connectivity index (χ1v) is 26.7. The first kappa shape index (κ1) is 49.2. The monoisotopic (exact) mass is 977 g/mol. The molecule has 9 aromatic rings. The standard InChI is InChI=1S/C75H63N/c1-5-18-55-23-12-13-24-56(55)19-8-7-11-22-58(57-20-9-6-10-21-57)36-32-54-33-45-69-65(49-54)37-38-66-50-62(41-46-70(66)69)63-42-47-72-71(29-17-48-76-67-43-39-60(40-44-67)59-34-30-53(2)31-35-59)74(75(3,4)73(72)51-63)52-64-27-16-26-61-25-14-15-28-68(61)64/h5-30,32-53,76H,31H2,1-4H3/b11-7+,18-5+,19-8-,36-32-,48-17+,58-22+,71-29-,74-52+. The number of hydrogen-bond acceptors (Lipinski definition) is 1. The van der Waals surface area contributed by atoms with Gasteiger partial charge in [-0.3, -0.25) is 0 Å².